The van der Waals surface area contributed by atoms with E-state index in [1.807, 2.05) is 24.3 Å². The standard InChI is InChI=1S/C25H30BrNO5/c1-3-31-25(29)21-14-22(17-8-10-19(26)11-9-17)32-24(21)27(20-12-13-30-15-20)23(28)18-6-4-16(2)5-7-18/h8-11,14,16,18,20H,3-7,12-13,15H2,1-2H3. The molecule has 2 aromatic rings. The SMILES string of the molecule is CCOC(=O)c1cc(-c2ccc(Br)cc2)oc1N(C(=O)C1CCC(C)CC1)C1CCOC1. The largest absolute Gasteiger partial charge is 0.462 e. The minimum atomic E-state index is -0.483. The molecule has 1 amide bonds. The van der Waals surface area contributed by atoms with Crippen molar-refractivity contribution < 1.29 is 23.5 Å². The highest BCUT2D eigenvalue weighted by Crippen LogP contribution is 2.38. The van der Waals surface area contributed by atoms with Gasteiger partial charge in [-0.05, 0) is 57.1 Å². The van der Waals surface area contributed by atoms with Crippen LogP contribution in [-0.4, -0.2) is 37.7 Å². The summed E-state index contributed by atoms with van der Waals surface area (Å²) in [6, 6.07) is 9.19. The first-order valence-electron chi connectivity index (χ1n) is 11.5. The van der Waals surface area contributed by atoms with Gasteiger partial charge in [-0.15, -0.1) is 0 Å². The average molecular weight is 504 g/mol. The molecule has 1 unspecified atom stereocenters. The number of esters is 1. The molecule has 2 fully saturated rings. The van der Waals surface area contributed by atoms with E-state index >= 15 is 0 Å². The molecule has 32 heavy (non-hydrogen) atoms. The molecule has 1 saturated carbocycles. The number of hydrogen-bond donors (Lipinski definition) is 0. The Bertz CT molecular complexity index is 940. The number of nitrogens with zero attached hydrogens (tertiary/aromatic N) is 1. The molecule has 2 aliphatic rings. The fourth-order valence-corrected chi connectivity index (χ4v) is 4.81. The number of halogens is 1. The van der Waals surface area contributed by atoms with Gasteiger partial charge in [0, 0.05) is 28.6 Å². The third-order valence-electron chi connectivity index (χ3n) is 6.43. The van der Waals surface area contributed by atoms with E-state index in [0.29, 0.717) is 31.3 Å². The number of ether oxygens (including phenoxy) is 2. The van der Waals surface area contributed by atoms with Gasteiger partial charge in [-0.3, -0.25) is 9.69 Å². The van der Waals surface area contributed by atoms with Crippen molar-refractivity contribution in [1.29, 1.82) is 0 Å². The number of anilines is 1. The lowest BCUT2D eigenvalue weighted by Crippen LogP contribution is -2.45. The van der Waals surface area contributed by atoms with E-state index in [2.05, 4.69) is 22.9 Å². The molecule has 0 bridgehead atoms. The fourth-order valence-electron chi connectivity index (χ4n) is 4.55. The lowest BCUT2D eigenvalue weighted by molar-refractivity contribution is -0.124. The van der Waals surface area contributed by atoms with E-state index in [1.165, 1.54) is 0 Å². The molecular weight excluding hydrogens is 474 g/mol. The predicted molar refractivity (Wildman–Crippen MR) is 126 cm³/mol. The number of furan rings is 1. The summed E-state index contributed by atoms with van der Waals surface area (Å²) in [5.74, 6) is 0.927. The third kappa shape index (κ3) is 4.94. The quantitative estimate of drug-likeness (QED) is 0.463. The first-order valence-corrected chi connectivity index (χ1v) is 12.2. The highest BCUT2D eigenvalue weighted by molar-refractivity contribution is 9.10. The monoisotopic (exact) mass is 503 g/mol. The molecule has 1 atom stereocenters. The summed E-state index contributed by atoms with van der Waals surface area (Å²) < 4.78 is 18.1. The molecule has 1 aromatic carbocycles. The molecular formula is C25H30BrNO5. The van der Waals surface area contributed by atoms with Gasteiger partial charge < -0.3 is 13.9 Å². The van der Waals surface area contributed by atoms with Gasteiger partial charge in [0.2, 0.25) is 11.8 Å². The van der Waals surface area contributed by atoms with Crippen LogP contribution in [0.25, 0.3) is 11.3 Å². The Labute approximate surface area is 197 Å². The highest BCUT2D eigenvalue weighted by atomic mass is 79.9. The van der Waals surface area contributed by atoms with Gasteiger partial charge in [0.25, 0.3) is 0 Å². The van der Waals surface area contributed by atoms with E-state index in [9.17, 15) is 9.59 Å². The number of rotatable bonds is 6. The molecule has 2 heterocycles. The number of hydrogen-bond acceptors (Lipinski definition) is 5. The van der Waals surface area contributed by atoms with E-state index in [4.69, 9.17) is 13.9 Å². The second kappa shape index (κ2) is 10.2. The predicted octanol–water partition coefficient (Wildman–Crippen LogP) is 5.83. The van der Waals surface area contributed by atoms with E-state index in [1.54, 1.807) is 17.9 Å². The number of benzene rings is 1. The second-order valence-corrected chi connectivity index (χ2v) is 9.65. The van der Waals surface area contributed by atoms with Crippen LogP contribution in [0.15, 0.2) is 39.2 Å². The smallest absolute Gasteiger partial charge is 0.343 e. The minimum absolute atomic E-state index is 0.0228. The maximum Gasteiger partial charge on any atom is 0.343 e. The molecule has 172 valence electrons. The second-order valence-electron chi connectivity index (χ2n) is 8.74. The van der Waals surface area contributed by atoms with Crippen LogP contribution in [0.2, 0.25) is 0 Å². The van der Waals surface area contributed by atoms with Crippen LogP contribution in [-0.2, 0) is 14.3 Å². The maximum absolute atomic E-state index is 13.8. The molecule has 0 spiro atoms. The van der Waals surface area contributed by atoms with Gasteiger partial charge in [0.05, 0.1) is 19.3 Å². The maximum atomic E-state index is 13.8. The van der Waals surface area contributed by atoms with Crippen LogP contribution in [0.4, 0.5) is 5.88 Å². The van der Waals surface area contributed by atoms with Crippen LogP contribution in [0, 0.1) is 11.8 Å². The zero-order valence-corrected chi connectivity index (χ0v) is 20.2. The Balaban J connectivity index is 1.75. The Morgan fingerprint density at radius 2 is 1.84 bits per heavy atom. The summed E-state index contributed by atoms with van der Waals surface area (Å²) >= 11 is 3.45. The van der Waals surface area contributed by atoms with Crippen LogP contribution < -0.4 is 4.90 Å². The Hall–Kier alpha value is -2.12. The normalized spacial score (nSPS) is 23.2. The first-order chi connectivity index (χ1) is 15.5. The van der Waals surface area contributed by atoms with Gasteiger partial charge in [0.15, 0.2) is 0 Å². The van der Waals surface area contributed by atoms with Gasteiger partial charge in [-0.1, -0.05) is 35.0 Å². The van der Waals surface area contributed by atoms with Crippen molar-refractivity contribution in [2.24, 2.45) is 11.8 Å². The van der Waals surface area contributed by atoms with E-state index in [0.717, 1.165) is 35.7 Å². The number of amides is 1. The van der Waals surface area contributed by atoms with Gasteiger partial charge in [-0.2, -0.15) is 0 Å². The summed E-state index contributed by atoms with van der Waals surface area (Å²) in [7, 11) is 0. The van der Waals surface area contributed by atoms with Crippen LogP contribution in [0.5, 0.6) is 0 Å². The van der Waals surface area contributed by atoms with E-state index in [-0.39, 0.29) is 35.9 Å². The summed E-state index contributed by atoms with van der Waals surface area (Å²) in [6.07, 6.45) is 4.51. The highest BCUT2D eigenvalue weighted by Gasteiger charge is 2.39. The van der Waals surface area contributed by atoms with Crippen molar-refractivity contribution in [2.75, 3.05) is 24.7 Å². The van der Waals surface area contributed by atoms with Crippen LogP contribution in [0.1, 0.15) is 56.3 Å². The van der Waals surface area contributed by atoms with Crippen molar-refractivity contribution in [3.05, 3.63) is 40.4 Å². The molecule has 6 nitrogen and oxygen atoms in total. The zero-order chi connectivity index (χ0) is 22.7. The van der Waals surface area contributed by atoms with Crippen LogP contribution in [0.3, 0.4) is 0 Å². The Morgan fingerprint density at radius 3 is 2.47 bits per heavy atom. The summed E-state index contributed by atoms with van der Waals surface area (Å²) in [6.45, 7) is 5.28. The molecule has 0 N–H and O–H groups in total. The molecule has 1 aliphatic carbocycles. The fraction of sp³-hybridized carbons (Fsp3) is 0.520. The van der Waals surface area contributed by atoms with Crippen molar-refractivity contribution >= 4 is 33.7 Å². The summed E-state index contributed by atoms with van der Waals surface area (Å²) in [4.78, 5) is 28.3. The van der Waals surface area contributed by atoms with Crippen molar-refractivity contribution in [1.82, 2.24) is 0 Å². The molecule has 7 heteroatoms. The number of carbonyl (C=O) groups is 2. The van der Waals surface area contributed by atoms with Crippen LogP contribution >= 0.6 is 15.9 Å². The van der Waals surface area contributed by atoms with Crippen molar-refractivity contribution in [2.45, 2.75) is 52.0 Å². The van der Waals surface area contributed by atoms with Gasteiger partial charge >= 0.3 is 5.97 Å². The molecule has 1 aromatic heterocycles. The molecule has 4 rings (SSSR count). The number of carbonyl (C=O) groups excluding carboxylic acids is 2. The molecule has 0 radical (unpaired) electrons. The Kier molecular flexibility index (Phi) is 7.36. The summed E-state index contributed by atoms with van der Waals surface area (Å²) in [5.41, 5.74) is 1.11. The van der Waals surface area contributed by atoms with Gasteiger partial charge in [0.1, 0.15) is 11.3 Å². The minimum Gasteiger partial charge on any atom is -0.462 e. The van der Waals surface area contributed by atoms with E-state index < -0.39 is 5.97 Å². The summed E-state index contributed by atoms with van der Waals surface area (Å²) in [5, 5.41) is 0. The lowest BCUT2D eigenvalue weighted by Gasteiger charge is -2.33. The van der Waals surface area contributed by atoms with Gasteiger partial charge in [-0.25, -0.2) is 4.79 Å². The topological polar surface area (TPSA) is 69.0 Å². The first kappa shape index (κ1) is 23.1. The van der Waals surface area contributed by atoms with Crippen molar-refractivity contribution in [3.63, 3.8) is 0 Å². The third-order valence-corrected chi connectivity index (χ3v) is 6.96. The Morgan fingerprint density at radius 1 is 1.12 bits per heavy atom. The zero-order valence-electron chi connectivity index (χ0n) is 18.6. The van der Waals surface area contributed by atoms with Crippen molar-refractivity contribution in [3.8, 4) is 11.3 Å². The lowest BCUT2D eigenvalue weighted by atomic mass is 9.82. The molecule has 1 aliphatic heterocycles. The average Bonchev–Trinajstić information content (AvgIpc) is 3.46. The molecule has 1 saturated heterocycles.